The van der Waals surface area contributed by atoms with Crippen LogP contribution in [0.2, 0.25) is 0 Å². The van der Waals surface area contributed by atoms with Crippen LogP contribution in [0.15, 0.2) is 12.2 Å². The number of carboxylic acid groups (broad SMARTS) is 1. The van der Waals surface area contributed by atoms with E-state index in [9.17, 15) is 4.79 Å². The molecule has 2 atom stereocenters. The lowest BCUT2D eigenvalue weighted by Crippen LogP contribution is -2.34. The van der Waals surface area contributed by atoms with Gasteiger partial charge in [0.25, 0.3) is 0 Å². The van der Waals surface area contributed by atoms with Gasteiger partial charge in [-0.15, -0.1) is 0 Å². The number of carbonyl (C=O) groups is 1. The van der Waals surface area contributed by atoms with Gasteiger partial charge >= 0.3 is 5.97 Å². The Hall–Kier alpha value is -0.870. The van der Waals surface area contributed by atoms with Crippen LogP contribution in [0.4, 0.5) is 0 Å². The summed E-state index contributed by atoms with van der Waals surface area (Å²) in [6.45, 7) is 5.92. The van der Waals surface area contributed by atoms with E-state index in [1.165, 1.54) is 6.42 Å². The summed E-state index contributed by atoms with van der Waals surface area (Å²) in [6, 6.07) is 0. The van der Waals surface area contributed by atoms with E-state index in [2.05, 4.69) is 6.58 Å². The standard InChI is InChI=1S/C13H20O4/c1-9(10(2)12(14)15)11-8-16-13(17-11)6-4-3-5-7-13/h9,11H,2-8H2,1H3,(H,14,15). The fourth-order valence-corrected chi connectivity index (χ4v) is 2.60. The second-order valence-electron chi connectivity index (χ2n) is 5.06. The molecule has 0 radical (unpaired) electrons. The molecule has 0 amide bonds. The van der Waals surface area contributed by atoms with Gasteiger partial charge in [-0.1, -0.05) is 19.9 Å². The maximum atomic E-state index is 10.9. The molecule has 4 heteroatoms. The fraction of sp³-hybridized carbons (Fsp3) is 0.769. The highest BCUT2D eigenvalue weighted by Crippen LogP contribution is 2.40. The Bertz CT molecular complexity index is 317. The van der Waals surface area contributed by atoms with E-state index in [-0.39, 0.29) is 17.6 Å². The third-order valence-electron chi connectivity index (χ3n) is 3.87. The molecule has 0 aromatic carbocycles. The monoisotopic (exact) mass is 240 g/mol. The lowest BCUT2D eigenvalue weighted by molar-refractivity contribution is -0.190. The topological polar surface area (TPSA) is 55.8 Å². The highest BCUT2D eigenvalue weighted by Gasteiger charge is 2.44. The van der Waals surface area contributed by atoms with Gasteiger partial charge in [0.15, 0.2) is 5.79 Å². The minimum Gasteiger partial charge on any atom is -0.478 e. The van der Waals surface area contributed by atoms with Crippen molar-refractivity contribution in [1.82, 2.24) is 0 Å². The van der Waals surface area contributed by atoms with Crippen LogP contribution >= 0.6 is 0 Å². The van der Waals surface area contributed by atoms with E-state index in [1.54, 1.807) is 0 Å². The molecule has 0 aromatic heterocycles. The van der Waals surface area contributed by atoms with Gasteiger partial charge in [-0.25, -0.2) is 4.79 Å². The Morgan fingerprint density at radius 3 is 2.65 bits per heavy atom. The minimum atomic E-state index is -0.953. The average molecular weight is 240 g/mol. The number of rotatable bonds is 3. The summed E-state index contributed by atoms with van der Waals surface area (Å²) in [4.78, 5) is 10.9. The van der Waals surface area contributed by atoms with Crippen molar-refractivity contribution < 1.29 is 19.4 Å². The van der Waals surface area contributed by atoms with Crippen LogP contribution in [-0.4, -0.2) is 29.6 Å². The molecule has 96 valence electrons. The number of carboxylic acids is 1. The largest absolute Gasteiger partial charge is 0.478 e. The van der Waals surface area contributed by atoms with Crippen molar-refractivity contribution >= 4 is 5.97 Å². The zero-order chi connectivity index (χ0) is 12.5. The summed E-state index contributed by atoms with van der Waals surface area (Å²) in [7, 11) is 0. The second-order valence-corrected chi connectivity index (χ2v) is 5.06. The van der Waals surface area contributed by atoms with Crippen molar-refractivity contribution in [2.45, 2.75) is 50.9 Å². The van der Waals surface area contributed by atoms with Crippen LogP contribution < -0.4 is 0 Å². The lowest BCUT2D eigenvalue weighted by atomic mass is 9.94. The smallest absolute Gasteiger partial charge is 0.331 e. The van der Waals surface area contributed by atoms with Crippen molar-refractivity contribution in [3.05, 3.63) is 12.2 Å². The SMILES string of the molecule is C=C(C(=O)O)C(C)C1COC2(CCCCC2)O1. The Balaban J connectivity index is 1.97. The quantitative estimate of drug-likeness (QED) is 0.769. The molecule has 0 aromatic rings. The van der Waals surface area contributed by atoms with Crippen LogP contribution in [0.3, 0.4) is 0 Å². The van der Waals surface area contributed by atoms with Gasteiger partial charge in [0, 0.05) is 24.3 Å². The first kappa shape index (κ1) is 12.6. The van der Waals surface area contributed by atoms with E-state index < -0.39 is 11.8 Å². The van der Waals surface area contributed by atoms with E-state index in [1.807, 2.05) is 6.92 Å². The fourth-order valence-electron chi connectivity index (χ4n) is 2.60. The van der Waals surface area contributed by atoms with Crippen LogP contribution in [0.1, 0.15) is 39.0 Å². The molecule has 17 heavy (non-hydrogen) atoms. The first-order valence-electron chi connectivity index (χ1n) is 6.28. The number of aliphatic carboxylic acids is 1. The van der Waals surface area contributed by atoms with Gasteiger partial charge < -0.3 is 14.6 Å². The summed E-state index contributed by atoms with van der Waals surface area (Å²) in [5.74, 6) is -1.59. The first-order valence-corrected chi connectivity index (χ1v) is 6.28. The lowest BCUT2D eigenvalue weighted by Gasteiger charge is -2.32. The molecule has 1 aliphatic carbocycles. The summed E-state index contributed by atoms with van der Waals surface area (Å²) in [5, 5.41) is 8.92. The van der Waals surface area contributed by atoms with E-state index in [4.69, 9.17) is 14.6 Å². The molecular formula is C13H20O4. The molecule has 2 rings (SSSR count). The highest BCUT2D eigenvalue weighted by atomic mass is 16.7. The van der Waals surface area contributed by atoms with Crippen molar-refractivity contribution in [3.63, 3.8) is 0 Å². The van der Waals surface area contributed by atoms with Crippen molar-refractivity contribution in [1.29, 1.82) is 0 Å². The third-order valence-corrected chi connectivity index (χ3v) is 3.87. The molecule has 1 aliphatic heterocycles. The predicted molar refractivity (Wildman–Crippen MR) is 62.6 cm³/mol. The van der Waals surface area contributed by atoms with Crippen LogP contribution in [0, 0.1) is 5.92 Å². The zero-order valence-corrected chi connectivity index (χ0v) is 10.3. The summed E-state index contributed by atoms with van der Waals surface area (Å²) in [5.41, 5.74) is 0.200. The summed E-state index contributed by atoms with van der Waals surface area (Å²) in [6.07, 6.45) is 5.17. The molecule has 1 N–H and O–H groups in total. The van der Waals surface area contributed by atoms with Gasteiger partial charge in [0.05, 0.1) is 12.7 Å². The number of ether oxygens (including phenoxy) is 2. The maximum Gasteiger partial charge on any atom is 0.331 e. The zero-order valence-electron chi connectivity index (χ0n) is 10.3. The Morgan fingerprint density at radius 1 is 1.41 bits per heavy atom. The molecule has 2 unspecified atom stereocenters. The summed E-state index contributed by atoms with van der Waals surface area (Å²) < 4.78 is 11.8. The normalized spacial score (nSPS) is 29.1. The average Bonchev–Trinajstić information content (AvgIpc) is 2.72. The Kier molecular flexibility index (Phi) is 3.54. The predicted octanol–water partition coefficient (Wildman–Crippen LogP) is 2.34. The minimum absolute atomic E-state index is 0.170. The molecule has 1 saturated carbocycles. The maximum absolute atomic E-state index is 10.9. The summed E-state index contributed by atoms with van der Waals surface area (Å²) >= 11 is 0. The van der Waals surface area contributed by atoms with Crippen LogP contribution in [-0.2, 0) is 14.3 Å². The Labute approximate surface area is 102 Å². The van der Waals surface area contributed by atoms with Gasteiger partial charge in [-0.3, -0.25) is 0 Å². The van der Waals surface area contributed by atoms with E-state index >= 15 is 0 Å². The molecule has 1 saturated heterocycles. The molecule has 0 bridgehead atoms. The molecular weight excluding hydrogens is 220 g/mol. The molecule has 4 nitrogen and oxygen atoms in total. The first-order chi connectivity index (χ1) is 8.04. The number of hydrogen-bond acceptors (Lipinski definition) is 3. The van der Waals surface area contributed by atoms with Crippen LogP contribution in [0.25, 0.3) is 0 Å². The number of hydrogen-bond donors (Lipinski definition) is 1. The van der Waals surface area contributed by atoms with Crippen molar-refractivity contribution in [2.24, 2.45) is 5.92 Å². The van der Waals surface area contributed by atoms with Gasteiger partial charge in [0.1, 0.15) is 0 Å². The van der Waals surface area contributed by atoms with E-state index in [0.29, 0.717) is 6.61 Å². The third kappa shape index (κ3) is 2.53. The highest BCUT2D eigenvalue weighted by molar-refractivity contribution is 5.86. The van der Waals surface area contributed by atoms with Crippen molar-refractivity contribution in [3.8, 4) is 0 Å². The second kappa shape index (κ2) is 4.78. The van der Waals surface area contributed by atoms with Crippen molar-refractivity contribution in [2.75, 3.05) is 6.61 Å². The molecule has 2 aliphatic rings. The molecule has 1 spiro atoms. The van der Waals surface area contributed by atoms with Gasteiger partial charge in [0.2, 0.25) is 0 Å². The molecule has 2 fully saturated rings. The van der Waals surface area contributed by atoms with Crippen LogP contribution in [0.5, 0.6) is 0 Å². The van der Waals surface area contributed by atoms with Gasteiger partial charge in [-0.05, 0) is 12.8 Å². The van der Waals surface area contributed by atoms with Gasteiger partial charge in [-0.2, -0.15) is 0 Å². The Morgan fingerprint density at radius 2 is 2.06 bits per heavy atom. The van der Waals surface area contributed by atoms with E-state index in [0.717, 1.165) is 25.7 Å². The molecule has 1 heterocycles.